The van der Waals surface area contributed by atoms with E-state index in [1.165, 1.54) is 49.7 Å². The topological polar surface area (TPSA) is 36.4 Å². The quantitative estimate of drug-likeness (QED) is 0.347. The Labute approximate surface area is 228 Å². The van der Waals surface area contributed by atoms with Gasteiger partial charge in [0, 0.05) is 47.1 Å². The number of rotatable bonds is 3. The summed E-state index contributed by atoms with van der Waals surface area (Å²) in [5.74, 6) is 3.00. The van der Waals surface area contributed by atoms with Gasteiger partial charge < -0.3 is 4.90 Å². The van der Waals surface area contributed by atoms with Gasteiger partial charge in [0.25, 0.3) is 5.91 Å². The maximum atomic E-state index is 14.0. The van der Waals surface area contributed by atoms with Crippen molar-refractivity contribution in [3.8, 4) is 11.3 Å². The standard InChI is InChI=1S/C32H36BrN3O/c1-20-3-4-25(11-21(20)2)30-16-28(27-15-26(33)5-6-29(27)34-30)31(37)35-7-9-36(10-8-35)32-17-22-12-23(18-32)14-24(13-22)19-32/h3-6,11,15-16,22-24H,7-10,12-14,17-19H2,1-2H3. The van der Waals surface area contributed by atoms with Crippen LogP contribution in [0.25, 0.3) is 22.2 Å². The molecule has 0 N–H and O–H groups in total. The number of halogens is 1. The van der Waals surface area contributed by atoms with E-state index < -0.39 is 0 Å². The lowest BCUT2D eigenvalue weighted by Gasteiger charge is -2.61. The monoisotopic (exact) mass is 557 g/mol. The van der Waals surface area contributed by atoms with E-state index in [1.54, 1.807) is 0 Å². The summed E-state index contributed by atoms with van der Waals surface area (Å²) in [5.41, 5.74) is 6.50. The van der Waals surface area contributed by atoms with E-state index >= 15 is 0 Å². The maximum Gasteiger partial charge on any atom is 0.254 e. The van der Waals surface area contributed by atoms with Crippen LogP contribution in [0.15, 0.2) is 46.9 Å². The van der Waals surface area contributed by atoms with Crippen LogP contribution in [0.3, 0.4) is 0 Å². The minimum Gasteiger partial charge on any atom is -0.336 e. The third-order valence-corrected chi connectivity index (χ3v) is 10.5. The predicted octanol–water partition coefficient (Wildman–Crippen LogP) is 7.01. The molecule has 1 aromatic heterocycles. The van der Waals surface area contributed by atoms with Crippen molar-refractivity contribution in [2.45, 2.75) is 57.9 Å². The van der Waals surface area contributed by atoms with Crippen molar-refractivity contribution >= 4 is 32.7 Å². The highest BCUT2D eigenvalue weighted by molar-refractivity contribution is 9.10. The fourth-order valence-electron chi connectivity index (χ4n) is 8.43. The molecule has 0 unspecified atom stereocenters. The van der Waals surface area contributed by atoms with Gasteiger partial charge in [-0.25, -0.2) is 4.98 Å². The summed E-state index contributed by atoms with van der Waals surface area (Å²) < 4.78 is 0.974. The Balaban J connectivity index is 1.17. The fourth-order valence-corrected chi connectivity index (χ4v) is 8.79. The Bertz CT molecular complexity index is 1360. The van der Waals surface area contributed by atoms with Gasteiger partial charge in [0.05, 0.1) is 16.8 Å². The van der Waals surface area contributed by atoms with Gasteiger partial charge in [-0.1, -0.05) is 28.1 Å². The van der Waals surface area contributed by atoms with E-state index in [2.05, 4.69) is 57.8 Å². The van der Waals surface area contributed by atoms with Crippen molar-refractivity contribution in [3.05, 3.63) is 63.6 Å². The predicted molar refractivity (Wildman–Crippen MR) is 153 cm³/mol. The second-order valence-corrected chi connectivity index (χ2v) is 13.4. The average Bonchev–Trinajstić information content (AvgIpc) is 2.88. The van der Waals surface area contributed by atoms with Gasteiger partial charge in [0.15, 0.2) is 0 Å². The van der Waals surface area contributed by atoms with Crippen LogP contribution >= 0.6 is 15.9 Å². The molecule has 1 saturated heterocycles. The van der Waals surface area contributed by atoms with Crippen LogP contribution in [0.1, 0.15) is 60.0 Å². The van der Waals surface area contributed by atoms with Crippen LogP contribution in [-0.2, 0) is 0 Å². The number of pyridine rings is 1. The number of hydrogen-bond donors (Lipinski definition) is 0. The molecule has 4 aliphatic carbocycles. The molecule has 3 aromatic rings. The van der Waals surface area contributed by atoms with Crippen molar-refractivity contribution in [2.75, 3.05) is 26.2 Å². The zero-order valence-corrected chi connectivity index (χ0v) is 23.6. The van der Waals surface area contributed by atoms with Crippen molar-refractivity contribution in [3.63, 3.8) is 0 Å². The molecule has 4 nitrogen and oxygen atoms in total. The molecule has 5 aliphatic rings. The summed E-state index contributed by atoms with van der Waals surface area (Å²) in [5, 5.41) is 0.926. The molecule has 8 rings (SSSR count). The highest BCUT2D eigenvalue weighted by Crippen LogP contribution is 2.57. The third-order valence-electron chi connectivity index (χ3n) is 10.0. The lowest BCUT2D eigenvalue weighted by Crippen LogP contribution is -2.64. The van der Waals surface area contributed by atoms with Gasteiger partial charge in [0.2, 0.25) is 0 Å². The number of aromatic nitrogens is 1. The van der Waals surface area contributed by atoms with Crippen LogP contribution in [0, 0.1) is 31.6 Å². The first-order valence-corrected chi connectivity index (χ1v) is 14.9. The zero-order chi connectivity index (χ0) is 25.3. The number of carbonyl (C=O) groups is 1. The lowest BCUT2D eigenvalue weighted by atomic mass is 9.52. The van der Waals surface area contributed by atoms with Crippen LogP contribution in [-0.4, -0.2) is 52.4 Å². The van der Waals surface area contributed by atoms with E-state index in [4.69, 9.17) is 4.98 Å². The molecule has 4 bridgehead atoms. The van der Waals surface area contributed by atoms with Gasteiger partial charge in [-0.05, 0) is 112 Å². The number of benzene rings is 2. The summed E-state index contributed by atoms with van der Waals surface area (Å²) in [6, 6.07) is 14.5. The minimum absolute atomic E-state index is 0.140. The van der Waals surface area contributed by atoms with Gasteiger partial charge in [-0.15, -0.1) is 0 Å². The highest BCUT2D eigenvalue weighted by Gasteiger charge is 2.53. The first-order chi connectivity index (χ1) is 17.9. The van der Waals surface area contributed by atoms with Crippen molar-refractivity contribution in [1.29, 1.82) is 0 Å². The van der Waals surface area contributed by atoms with Crippen LogP contribution in [0.2, 0.25) is 0 Å². The van der Waals surface area contributed by atoms with E-state index in [-0.39, 0.29) is 5.91 Å². The Hall–Kier alpha value is -2.24. The molecule has 1 aliphatic heterocycles. The Morgan fingerprint density at radius 2 is 1.54 bits per heavy atom. The first kappa shape index (κ1) is 23.8. The zero-order valence-electron chi connectivity index (χ0n) is 22.0. The molecular weight excluding hydrogens is 522 g/mol. The molecule has 0 atom stereocenters. The minimum atomic E-state index is 0.140. The van der Waals surface area contributed by atoms with Gasteiger partial charge >= 0.3 is 0 Å². The highest BCUT2D eigenvalue weighted by atomic mass is 79.9. The van der Waals surface area contributed by atoms with Crippen molar-refractivity contribution in [2.24, 2.45) is 17.8 Å². The van der Waals surface area contributed by atoms with E-state index in [9.17, 15) is 4.79 Å². The number of carbonyl (C=O) groups excluding carboxylic acids is 1. The number of piperazine rings is 1. The van der Waals surface area contributed by atoms with Gasteiger partial charge in [0.1, 0.15) is 0 Å². The van der Waals surface area contributed by atoms with Gasteiger partial charge in [-0.3, -0.25) is 9.69 Å². The second-order valence-electron chi connectivity index (χ2n) is 12.4. The van der Waals surface area contributed by atoms with Crippen molar-refractivity contribution in [1.82, 2.24) is 14.8 Å². The number of hydrogen-bond acceptors (Lipinski definition) is 3. The normalized spacial score (nSPS) is 29.3. The summed E-state index contributed by atoms with van der Waals surface area (Å²) >= 11 is 3.62. The third kappa shape index (κ3) is 4.13. The lowest BCUT2D eigenvalue weighted by molar-refractivity contribution is -0.0987. The molecule has 4 saturated carbocycles. The second kappa shape index (κ2) is 8.91. The van der Waals surface area contributed by atoms with E-state index in [0.29, 0.717) is 5.54 Å². The molecule has 2 aromatic carbocycles. The molecule has 37 heavy (non-hydrogen) atoms. The molecule has 5 fully saturated rings. The molecule has 2 heterocycles. The van der Waals surface area contributed by atoms with E-state index in [1.807, 2.05) is 24.3 Å². The molecule has 192 valence electrons. The van der Waals surface area contributed by atoms with Crippen LogP contribution in [0.5, 0.6) is 0 Å². The number of amides is 1. The maximum absolute atomic E-state index is 14.0. The van der Waals surface area contributed by atoms with Crippen LogP contribution < -0.4 is 0 Å². The summed E-state index contributed by atoms with van der Waals surface area (Å²) in [6.07, 6.45) is 8.63. The molecule has 1 amide bonds. The summed E-state index contributed by atoms with van der Waals surface area (Å²) in [7, 11) is 0. The Kier molecular flexibility index (Phi) is 5.74. The SMILES string of the molecule is Cc1ccc(-c2cc(C(=O)N3CCN(C45CC6CC(CC(C6)C4)C5)CC3)c3cc(Br)ccc3n2)cc1C. The van der Waals surface area contributed by atoms with E-state index in [0.717, 1.165) is 76.1 Å². The molecule has 0 spiro atoms. The fraction of sp³-hybridized carbons (Fsp3) is 0.500. The largest absolute Gasteiger partial charge is 0.336 e. The first-order valence-electron chi connectivity index (χ1n) is 14.1. The number of nitrogens with zero attached hydrogens (tertiary/aromatic N) is 3. The molecule has 0 radical (unpaired) electrons. The van der Waals surface area contributed by atoms with Crippen molar-refractivity contribution < 1.29 is 4.79 Å². The summed E-state index contributed by atoms with van der Waals surface area (Å²) in [6.45, 7) is 7.91. The number of fused-ring (bicyclic) bond motifs is 1. The molecule has 5 heteroatoms. The van der Waals surface area contributed by atoms with Gasteiger partial charge in [-0.2, -0.15) is 0 Å². The van der Waals surface area contributed by atoms with Crippen LogP contribution in [0.4, 0.5) is 0 Å². The summed E-state index contributed by atoms with van der Waals surface area (Å²) in [4.78, 5) is 23.9. The average molecular weight is 559 g/mol. The molecular formula is C32H36BrN3O. The Morgan fingerprint density at radius 1 is 0.865 bits per heavy atom. The smallest absolute Gasteiger partial charge is 0.254 e. The number of aryl methyl sites for hydroxylation is 2. The Morgan fingerprint density at radius 3 is 2.19 bits per heavy atom.